The molecule has 130 valence electrons. The van der Waals surface area contributed by atoms with Crippen molar-refractivity contribution >= 4 is 11.8 Å². The van der Waals surface area contributed by atoms with Crippen LogP contribution in [0, 0.1) is 0 Å². The van der Waals surface area contributed by atoms with Crippen molar-refractivity contribution in [1.82, 2.24) is 20.6 Å². The standard InChI is InChI=1S/C20H18N4O2/c25-18(14-24-20(26)15-6-2-1-3-7-15)23-13-17-9-5-11-22-19(17)16-8-4-10-21-12-16/h1-12H,13-14H2,(H,23,25)(H,24,26). The molecule has 0 radical (unpaired) electrons. The zero-order chi connectivity index (χ0) is 18.2. The fourth-order valence-electron chi connectivity index (χ4n) is 2.45. The SMILES string of the molecule is O=C(CNC(=O)c1ccccc1)NCc1cccnc1-c1cccnc1. The Morgan fingerprint density at radius 1 is 0.885 bits per heavy atom. The topological polar surface area (TPSA) is 84.0 Å². The zero-order valence-corrected chi connectivity index (χ0v) is 14.1. The molecule has 2 N–H and O–H groups in total. The molecule has 0 aliphatic heterocycles. The van der Waals surface area contributed by atoms with Crippen LogP contribution < -0.4 is 10.6 Å². The van der Waals surface area contributed by atoms with Gasteiger partial charge in [-0.3, -0.25) is 19.6 Å². The van der Waals surface area contributed by atoms with E-state index in [0.29, 0.717) is 12.1 Å². The molecule has 0 bridgehead atoms. The van der Waals surface area contributed by atoms with Gasteiger partial charge in [0.25, 0.3) is 5.91 Å². The van der Waals surface area contributed by atoms with Gasteiger partial charge in [-0.2, -0.15) is 0 Å². The lowest BCUT2D eigenvalue weighted by Gasteiger charge is -2.10. The summed E-state index contributed by atoms with van der Waals surface area (Å²) in [5.74, 6) is -0.548. The third kappa shape index (κ3) is 4.51. The molecule has 0 saturated carbocycles. The van der Waals surface area contributed by atoms with Crippen molar-refractivity contribution in [2.24, 2.45) is 0 Å². The second-order valence-electron chi connectivity index (χ2n) is 5.58. The van der Waals surface area contributed by atoms with Gasteiger partial charge >= 0.3 is 0 Å². The molecule has 2 aromatic heterocycles. The predicted molar refractivity (Wildman–Crippen MR) is 98.1 cm³/mol. The van der Waals surface area contributed by atoms with E-state index in [2.05, 4.69) is 20.6 Å². The van der Waals surface area contributed by atoms with Crippen molar-refractivity contribution in [1.29, 1.82) is 0 Å². The number of rotatable bonds is 6. The number of pyridine rings is 2. The van der Waals surface area contributed by atoms with Crippen LogP contribution in [0.4, 0.5) is 0 Å². The summed E-state index contributed by atoms with van der Waals surface area (Å²) in [7, 11) is 0. The molecule has 3 rings (SSSR count). The number of nitrogens with zero attached hydrogens (tertiary/aromatic N) is 2. The first kappa shape index (κ1) is 17.3. The number of hydrogen-bond acceptors (Lipinski definition) is 4. The second kappa shape index (κ2) is 8.53. The summed E-state index contributed by atoms with van der Waals surface area (Å²) in [5.41, 5.74) is 3.05. The fourth-order valence-corrected chi connectivity index (χ4v) is 2.45. The first-order valence-electron chi connectivity index (χ1n) is 8.18. The van der Waals surface area contributed by atoms with Gasteiger partial charge in [-0.25, -0.2) is 0 Å². The number of carbonyl (C=O) groups excluding carboxylic acids is 2. The van der Waals surface area contributed by atoms with E-state index >= 15 is 0 Å². The van der Waals surface area contributed by atoms with Crippen LogP contribution in [-0.4, -0.2) is 28.3 Å². The lowest BCUT2D eigenvalue weighted by molar-refractivity contribution is -0.120. The van der Waals surface area contributed by atoms with Gasteiger partial charge in [-0.1, -0.05) is 24.3 Å². The Morgan fingerprint density at radius 3 is 2.46 bits per heavy atom. The summed E-state index contributed by atoms with van der Waals surface area (Å²) in [6.07, 6.45) is 5.13. The van der Waals surface area contributed by atoms with E-state index in [1.807, 2.05) is 30.3 Å². The highest BCUT2D eigenvalue weighted by Crippen LogP contribution is 2.19. The molecule has 6 heteroatoms. The molecule has 0 aliphatic carbocycles. The van der Waals surface area contributed by atoms with Crippen LogP contribution in [0.15, 0.2) is 73.2 Å². The average molecular weight is 346 g/mol. The minimum absolute atomic E-state index is 0.0871. The van der Waals surface area contributed by atoms with Crippen LogP contribution >= 0.6 is 0 Å². The van der Waals surface area contributed by atoms with Gasteiger partial charge in [0, 0.05) is 36.3 Å². The number of amides is 2. The minimum Gasteiger partial charge on any atom is -0.350 e. The fraction of sp³-hybridized carbons (Fsp3) is 0.100. The largest absolute Gasteiger partial charge is 0.350 e. The molecule has 3 aromatic rings. The maximum absolute atomic E-state index is 12.0. The summed E-state index contributed by atoms with van der Waals surface area (Å²) < 4.78 is 0. The molecule has 26 heavy (non-hydrogen) atoms. The molecule has 6 nitrogen and oxygen atoms in total. The molecule has 0 saturated heterocycles. The first-order chi connectivity index (χ1) is 12.7. The number of nitrogens with one attached hydrogen (secondary N) is 2. The molecule has 1 aromatic carbocycles. The van der Waals surface area contributed by atoms with Crippen molar-refractivity contribution < 1.29 is 9.59 Å². The minimum atomic E-state index is -0.279. The molecule has 0 spiro atoms. The highest BCUT2D eigenvalue weighted by atomic mass is 16.2. The van der Waals surface area contributed by atoms with Crippen molar-refractivity contribution in [3.05, 3.63) is 84.3 Å². The van der Waals surface area contributed by atoms with Crippen LogP contribution in [0.3, 0.4) is 0 Å². The van der Waals surface area contributed by atoms with Crippen molar-refractivity contribution in [3.63, 3.8) is 0 Å². The van der Waals surface area contributed by atoms with Crippen LogP contribution in [0.5, 0.6) is 0 Å². The molecule has 2 heterocycles. The Hall–Kier alpha value is -3.54. The van der Waals surface area contributed by atoms with E-state index in [-0.39, 0.29) is 18.4 Å². The van der Waals surface area contributed by atoms with Gasteiger partial charge in [0.1, 0.15) is 0 Å². The van der Waals surface area contributed by atoms with Crippen LogP contribution in [-0.2, 0) is 11.3 Å². The van der Waals surface area contributed by atoms with Crippen molar-refractivity contribution in [2.75, 3.05) is 6.54 Å². The van der Waals surface area contributed by atoms with Crippen LogP contribution in [0.1, 0.15) is 15.9 Å². The van der Waals surface area contributed by atoms with E-state index in [1.54, 1.807) is 42.9 Å². The van der Waals surface area contributed by atoms with Gasteiger partial charge in [0.05, 0.1) is 12.2 Å². The molecular formula is C20H18N4O2. The Labute approximate surface area is 151 Å². The molecule has 2 amide bonds. The Bertz CT molecular complexity index is 883. The normalized spacial score (nSPS) is 10.2. The smallest absolute Gasteiger partial charge is 0.251 e. The Balaban J connectivity index is 1.56. The van der Waals surface area contributed by atoms with E-state index in [1.165, 1.54) is 0 Å². The summed E-state index contributed by atoms with van der Waals surface area (Å²) in [6, 6.07) is 16.3. The summed E-state index contributed by atoms with van der Waals surface area (Å²) >= 11 is 0. The van der Waals surface area contributed by atoms with Crippen molar-refractivity contribution in [2.45, 2.75) is 6.54 Å². The van der Waals surface area contributed by atoms with E-state index in [0.717, 1.165) is 16.8 Å². The van der Waals surface area contributed by atoms with Gasteiger partial charge in [-0.05, 0) is 35.9 Å². The first-order valence-corrected chi connectivity index (χ1v) is 8.18. The molecule has 0 fully saturated rings. The van der Waals surface area contributed by atoms with Gasteiger partial charge in [0.2, 0.25) is 5.91 Å². The third-order valence-corrected chi connectivity index (χ3v) is 3.75. The number of hydrogen-bond donors (Lipinski definition) is 2. The Kier molecular flexibility index (Phi) is 5.67. The summed E-state index contributed by atoms with van der Waals surface area (Å²) in [6.45, 7) is 0.230. The van der Waals surface area contributed by atoms with Crippen molar-refractivity contribution in [3.8, 4) is 11.3 Å². The maximum atomic E-state index is 12.0. The van der Waals surface area contributed by atoms with Crippen LogP contribution in [0.2, 0.25) is 0 Å². The zero-order valence-electron chi connectivity index (χ0n) is 14.1. The summed E-state index contributed by atoms with van der Waals surface area (Å²) in [5, 5.41) is 5.41. The quantitative estimate of drug-likeness (QED) is 0.717. The van der Waals surface area contributed by atoms with Crippen LogP contribution in [0.25, 0.3) is 11.3 Å². The maximum Gasteiger partial charge on any atom is 0.251 e. The average Bonchev–Trinajstić information content (AvgIpc) is 2.72. The highest BCUT2D eigenvalue weighted by Gasteiger charge is 2.10. The lowest BCUT2D eigenvalue weighted by Crippen LogP contribution is -2.36. The van der Waals surface area contributed by atoms with E-state index in [9.17, 15) is 9.59 Å². The number of aromatic nitrogens is 2. The molecular weight excluding hydrogens is 328 g/mol. The molecule has 0 atom stereocenters. The second-order valence-corrected chi connectivity index (χ2v) is 5.58. The lowest BCUT2D eigenvalue weighted by atomic mass is 10.1. The third-order valence-electron chi connectivity index (χ3n) is 3.75. The Morgan fingerprint density at radius 2 is 1.69 bits per heavy atom. The number of benzene rings is 1. The van der Waals surface area contributed by atoms with E-state index < -0.39 is 0 Å². The highest BCUT2D eigenvalue weighted by molar-refractivity contribution is 5.96. The predicted octanol–water partition coefficient (Wildman–Crippen LogP) is 2.19. The van der Waals surface area contributed by atoms with E-state index in [4.69, 9.17) is 0 Å². The molecule has 0 aliphatic rings. The number of carbonyl (C=O) groups is 2. The monoisotopic (exact) mass is 346 g/mol. The molecule has 0 unspecified atom stereocenters. The summed E-state index contributed by atoms with van der Waals surface area (Å²) in [4.78, 5) is 32.5. The van der Waals surface area contributed by atoms with Gasteiger partial charge < -0.3 is 10.6 Å². The van der Waals surface area contributed by atoms with Gasteiger partial charge in [-0.15, -0.1) is 0 Å². The van der Waals surface area contributed by atoms with Gasteiger partial charge in [0.15, 0.2) is 0 Å².